The second kappa shape index (κ2) is 6.38. The topological polar surface area (TPSA) is 67.6 Å². The summed E-state index contributed by atoms with van der Waals surface area (Å²) in [6, 6.07) is 0.545. The lowest BCUT2D eigenvalue weighted by molar-refractivity contribution is 0.0523. The van der Waals surface area contributed by atoms with E-state index in [0.29, 0.717) is 12.6 Å². The summed E-state index contributed by atoms with van der Waals surface area (Å²) in [6.45, 7) is 7.16. The first-order valence-electron chi connectivity index (χ1n) is 6.70. The van der Waals surface area contributed by atoms with Crippen molar-refractivity contribution in [3.05, 3.63) is 0 Å². The Morgan fingerprint density at radius 1 is 1.56 bits per heavy atom. The molecule has 2 unspecified atom stereocenters. The lowest BCUT2D eigenvalue weighted by atomic mass is 10.1. The van der Waals surface area contributed by atoms with Crippen LogP contribution in [0, 0.1) is 0 Å². The second-order valence-corrected chi connectivity index (χ2v) is 6.16. The third kappa shape index (κ3) is 5.69. The van der Waals surface area contributed by atoms with Crippen LogP contribution in [0.5, 0.6) is 0 Å². The van der Waals surface area contributed by atoms with Gasteiger partial charge in [-0.1, -0.05) is 0 Å². The van der Waals surface area contributed by atoms with E-state index in [9.17, 15) is 4.79 Å². The number of carbonyl (C=O) groups excluding carboxylic acids is 1. The highest BCUT2D eigenvalue weighted by atomic mass is 16.6. The first-order valence-corrected chi connectivity index (χ1v) is 6.70. The van der Waals surface area contributed by atoms with Crippen LogP contribution in [-0.2, 0) is 4.74 Å². The molecule has 0 saturated carbocycles. The fourth-order valence-corrected chi connectivity index (χ4v) is 2.24. The van der Waals surface area contributed by atoms with Gasteiger partial charge in [-0.25, -0.2) is 4.79 Å². The van der Waals surface area contributed by atoms with Gasteiger partial charge in [-0.2, -0.15) is 0 Å². The Morgan fingerprint density at radius 2 is 2.22 bits per heavy atom. The number of carbonyl (C=O) groups is 1. The summed E-state index contributed by atoms with van der Waals surface area (Å²) >= 11 is 0. The first-order chi connectivity index (χ1) is 8.28. The fraction of sp³-hybridized carbons (Fsp3) is 0.923. The van der Waals surface area contributed by atoms with Crippen molar-refractivity contribution in [1.82, 2.24) is 10.2 Å². The molecular weight excluding hydrogens is 230 g/mol. The van der Waals surface area contributed by atoms with E-state index in [1.807, 2.05) is 20.8 Å². The molecule has 1 amide bonds. The second-order valence-electron chi connectivity index (χ2n) is 6.16. The van der Waals surface area contributed by atoms with E-state index in [-0.39, 0.29) is 6.04 Å². The number of nitrogens with two attached hydrogens (primary N) is 1. The largest absolute Gasteiger partial charge is 0.444 e. The summed E-state index contributed by atoms with van der Waals surface area (Å²) in [5, 5.41) is 2.72. The molecule has 0 aromatic carbocycles. The summed E-state index contributed by atoms with van der Waals surface area (Å²) in [4.78, 5) is 13.8. The maximum Gasteiger partial charge on any atom is 0.407 e. The monoisotopic (exact) mass is 257 g/mol. The van der Waals surface area contributed by atoms with E-state index >= 15 is 0 Å². The molecule has 18 heavy (non-hydrogen) atoms. The summed E-state index contributed by atoms with van der Waals surface area (Å²) in [7, 11) is 2.13. The molecule has 1 saturated heterocycles. The van der Waals surface area contributed by atoms with E-state index in [0.717, 1.165) is 13.0 Å². The van der Waals surface area contributed by atoms with Gasteiger partial charge < -0.3 is 20.7 Å². The Balaban J connectivity index is 2.20. The number of nitrogens with zero attached hydrogens (tertiary/aromatic N) is 1. The summed E-state index contributed by atoms with van der Waals surface area (Å²) in [5.74, 6) is 0. The highest BCUT2D eigenvalue weighted by molar-refractivity contribution is 5.67. The van der Waals surface area contributed by atoms with Gasteiger partial charge in [-0.05, 0) is 53.6 Å². The molecule has 1 rings (SSSR count). The average Bonchev–Trinajstić information content (AvgIpc) is 2.59. The van der Waals surface area contributed by atoms with Crippen LogP contribution in [0.3, 0.4) is 0 Å². The van der Waals surface area contributed by atoms with Gasteiger partial charge in [-0.3, -0.25) is 0 Å². The van der Waals surface area contributed by atoms with Gasteiger partial charge in [0.15, 0.2) is 0 Å². The lowest BCUT2D eigenvalue weighted by Gasteiger charge is -2.24. The molecule has 1 fully saturated rings. The summed E-state index contributed by atoms with van der Waals surface area (Å²) < 4.78 is 5.16. The van der Waals surface area contributed by atoms with Crippen molar-refractivity contribution in [2.75, 3.05) is 20.1 Å². The van der Waals surface area contributed by atoms with Crippen molar-refractivity contribution in [2.45, 2.75) is 57.7 Å². The van der Waals surface area contributed by atoms with Crippen LogP contribution >= 0.6 is 0 Å². The standard InChI is InChI=1S/C13H27N3O2/c1-13(2,3)18-12(17)15-9-10(14)8-11-6-5-7-16(11)4/h10-11H,5-9,14H2,1-4H3,(H,15,17). The molecule has 1 heterocycles. The van der Waals surface area contributed by atoms with Gasteiger partial charge in [-0.15, -0.1) is 0 Å². The molecule has 5 heteroatoms. The van der Waals surface area contributed by atoms with Crippen molar-refractivity contribution >= 4 is 6.09 Å². The van der Waals surface area contributed by atoms with E-state index < -0.39 is 11.7 Å². The van der Waals surface area contributed by atoms with E-state index in [1.165, 1.54) is 12.8 Å². The minimum absolute atomic E-state index is 0.0110. The molecule has 5 nitrogen and oxygen atoms in total. The Labute approximate surface area is 110 Å². The molecule has 3 N–H and O–H groups in total. The molecular formula is C13H27N3O2. The molecule has 0 aromatic rings. The van der Waals surface area contributed by atoms with Crippen LogP contribution < -0.4 is 11.1 Å². The minimum atomic E-state index is -0.458. The van der Waals surface area contributed by atoms with Gasteiger partial charge >= 0.3 is 6.09 Å². The van der Waals surface area contributed by atoms with Gasteiger partial charge in [0.2, 0.25) is 0 Å². The number of likely N-dealkylation sites (tertiary alicyclic amines) is 1. The summed E-state index contributed by atoms with van der Waals surface area (Å²) in [6.07, 6.45) is 2.98. The van der Waals surface area contributed by atoms with Gasteiger partial charge in [0.25, 0.3) is 0 Å². The number of rotatable bonds is 4. The third-order valence-corrected chi connectivity index (χ3v) is 3.15. The van der Waals surface area contributed by atoms with Crippen LogP contribution in [-0.4, -0.2) is 48.8 Å². The Morgan fingerprint density at radius 3 is 2.72 bits per heavy atom. The molecule has 1 aliphatic heterocycles. The maximum atomic E-state index is 11.5. The van der Waals surface area contributed by atoms with Crippen LogP contribution in [0.4, 0.5) is 4.79 Å². The molecule has 0 bridgehead atoms. The average molecular weight is 257 g/mol. The van der Waals surface area contributed by atoms with Gasteiger partial charge in [0.05, 0.1) is 0 Å². The van der Waals surface area contributed by atoms with Crippen LogP contribution in [0.2, 0.25) is 0 Å². The fourth-order valence-electron chi connectivity index (χ4n) is 2.24. The number of alkyl carbamates (subject to hydrolysis) is 1. The molecule has 2 atom stereocenters. The number of hydrogen-bond acceptors (Lipinski definition) is 4. The summed E-state index contributed by atoms with van der Waals surface area (Å²) in [5.41, 5.74) is 5.57. The number of hydrogen-bond donors (Lipinski definition) is 2. The minimum Gasteiger partial charge on any atom is -0.444 e. The van der Waals surface area contributed by atoms with E-state index in [1.54, 1.807) is 0 Å². The van der Waals surface area contributed by atoms with Crippen molar-refractivity contribution in [3.8, 4) is 0 Å². The van der Waals surface area contributed by atoms with Crippen LogP contribution in [0.15, 0.2) is 0 Å². The van der Waals surface area contributed by atoms with Gasteiger partial charge in [0, 0.05) is 18.6 Å². The zero-order valence-electron chi connectivity index (χ0n) is 12.0. The molecule has 0 aliphatic carbocycles. The zero-order valence-corrected chi connectivity index (χ0v) is 12.0. The smallest absolute Gasteiger partial charge is 0.407 e. The van der Waals surface area contributed by atoms with Crippen molar-refractivity contribution in [3.63, 3.8) is 0 Å². The molecule has 106 valence electrons. The normalized spacial score (nSPS) is 22.8. The highest BCUT2D eigenvalue weighted by Crippen LogP contribution is 2.18. The zero-order chi connectivity index (χ0) is 13.8. The van der Waals surface area contributed by atoms with Crippen molar-refractivity contribution in [1.29, 1.82) is 0 Å². The quantitative estimate of drug-likeness (QED) is 0.797. The predicted octanol–water partition coefficient (Wildman–Crippen LogP) is 1.32. The van der Waals surface area contributed by atoms with E-state index in [2.05, 4.69) is 17.3 Å². The highest BCUT2D eigenvalue weighted by Gasteiger charge is 2.23. The van der Waals surface area contributed by atoms with Crippen molar-refractivity contribution < 1.29 is 9.53 Å². The third-order valence-electron chi connectivity index (χ3n) is 3.15. The Hall–Kier alpha value is -0.810. The maximum absolute atomic E-state index is 11.5. The first kappa shape index (κ1) is 15.2. The van der Waals surface area contributed by atoms with Gasteiger partial charge in [0.1, 0.15) is 5.60 Å². The molecule has 0 radical (unpaired) electrons. The van der Waals surface area contributed by atoms with E-state index in [4.69, 9.17) is 10.5 Å². The molecule has 0 spiro atoms. The number of nitrogens with one attached hydrogen (secondary N) is 1. The molecule has 1 aliphatic rings. The lowest BCUT2D eigenvalue weighted by Crippen LogP contribution is -2.42. The number of amides is 1. The van der Waals surface area contributed by atoms with Crippen molar-refractivity contribution in [2.24, 2.45) is 5.73 Å². The SMILES string of the molecule is CN1CCCC1CC(N)CNC(=O)OC(C)(C)C. The molecule has 0 aromatic heterocycles. The number of ether oxygens (including phenoxy) is 1. The Bertz CT molecular complexity index is 276. The van der Waals surface area contributed by atoms with Crippen LogP contribution in [0.1, 0.15) is 40.0 Å². The predicted molar refractivity (Wildman–Crippen MR) is 72.5 cm³/mol. The van der Waals surface area contributed by atoms with Crippen LogP contribution in [0.25, 0.3) is 0 Å². The Kier molecular flexibility index (Phi) is 5.41.